The van der Waals surface area contributed by atoms with Gasteiger partial charge in [-0.05, 0) is 50.2 Å². The van der Waals surface area contributed by atoms with Crippen molar-refractivity contribution in [2.45, 2.75) is 56.5 Å². The van der Waals surface area contributed by atoms with Gasteiger partial charge >= 0.3 is 6.01 Å². The number of ether oxygens (including phenoxy) is 1. The Bertz CT molecular complexity index is 1340. The van der Waals surface area contributed by atoms with Gasteiger partial charge in [0.25, 0.3) is 0 Å². The van der Waals surface area contributed by atoms with Gasteiger partial charge in [-0.1, -0.05) is 35.9 Å². The molecule has 3 aromatic rings. The average molecular weight is 537 g/mol. The molecule has 200 valence electrons. The van der Waals surface area contributed by atoms with Gasteiger partial charge in [0.1, 0.15) is 18.6 Å². The van der Waals surface area contributed by atoms with Crippen LogP contribution in [0.1, 0.15) is 30.5 Å². The van der Waals surface area contributed by atoms with E-state index in [1.54, 1.807) is 0 Å². The molecule has 1 aromatic heterocycles. The zero-order valence-electron chi connectivity index (χ0n) is 21.7. The molecular weight excluding hydrogens is 503 g/mol. The lowest BCUT2D eigenvalue weighted by Crippen LogP contribution is -2.52. The van der Waals surface area contributed by atoms with Crippen LogP contribution in [0.3, 0.4) is 0 Å². The van der Waals surface area contributed by atoms with Crippen molar-refractivity contribution in [3.05, 3.63) is 52.7 Å². The number of piperazine rings is 1. The van der Waals surface area contributed by atoms with Crippen molar-refractivity contribution in [3.8, 4) is 6.01 Å². The minimum Gasteiger partial charge on any atom is -0.462 e. The van der Waals surface area contributed by atoms with Gasteiger partial charge in [-0.2, -0.15) is 9.97 Å². The molecule has 4 aliphatic rings. The van der Waals surface area contributed by atoms with Crippen molar-refractivity contribution < 1.29 is 9.13 Å². The predicted octanol–water partition coefficient (Wildman–Crippen LogP) is 4.21. The minimum atomic E-state index is -0.800. The number of alkyl halides is 1. The van der Waals surface area contributed by atoms with E-state index in [0.29, 0.717) is 44.2 Å². The van der Waals surface area contributed by atoms with E-state index < -0.39 is 6.17 Å². The summed E-state index contributed by atoms with van der Waals surface area (Å²) in [6.45, 7) is 4.30. The second kappa shape index (κ2) is 9.81. The molecule has 3 saturated heterocycles. The van der Waals surface area contributed by atoms with Crippen LogP contribution in [0.5, 0.6) is 6.01 Å². The van der Waals surface area contributed by atoms with Gasteiger partial charge in [-0.15, -0.1) is 0 Å². The minimum absolute atomic E-state index is 0.0393. The molecule has 3 fully saturated rings. The molecule has 2 bridgehead atoms. The Labute approximate surface area is 227 Å². The zero-order valence-corrected chi connectivity index (χ0v) is 22.5. The third kappa shape index (κ3) is 4.46. The van der Waals surface area contributed by atoms with Crippen LogP contribution in [0.4, 0.5) is 15.9 Å². The summed E-state index contributed by atoms with van der Waals surface area (Å²) >= 11 is 6.68. The summed E-state index contributed by atoms with van der Waals surface area (Å²) in [5.74, 6) is 1.02. The lowest BCUT2D eigenvalue weighted by Gasteiger charge is -2.37. The Morgan fingerprint density at radius 2 is 1.84 bits per heavy atom. The lowest BCUT2D eigenvalue weighted by atomic mass is 10.0. The monoisotopic (exact) mass is 536 g/mol. The number of halogens is 2. The summed E-state index contributed by atoms with van der Waals surface area (Å²) in [6, 6.07) is 13.9. The van der Waals surface area contributed by atoms with E-state index in [1.165, 1.54) is 18.4 Å². The summed E-state index contributed by atoms with van der Waals surface area (Å²) in [5.41, 5.74) is 3.36. The number of aromatic nitrogens is 2. The molecule has 4 atom stereocenters. The predicted molar refractivity (Wildman–Crippen MR) is 149 cm³/mol. The van der Waals surface area contributed by atoms with E-state index in [1.807, 2.05) is 24.1 Å². The smallest absolute Gasteiger partial charge is 0.318 e. The second-order valence-electron chi connectivity index (χ2n) is 11.3. The molecule has 0 spiro atoms. The highest BCUT2D eigenvalue weighted by Gasteiger charge is 2.36. The van der Waals surface area contributed by atoms with E-state index in [9.17, 15) is 4.39 Å². The quantitative estimate of drug-likeness (QED) is 0.524. The third-order valence-corrected chi connectivity index (χ3v) is 9.07. The number of fused-ring (bicyclic) bond motifs is 4. The molecule has 0 aliphatic carbocycles. The first-order valence-electron chi connectivity index (χ1n) is 13.8. The van der Waals surface area contributed by atoms with Crippen molar-refractivity contribution in [3.63, 3.8) is 0 Å². The standard InChI is InChI=1S/C29H34ClFN6O/c1-35-13-19(31)12-22(35)17-38-29-33-25-16-36(26-7-3-5-18-4-2-6-24(30)27(18)26)11-10-23(25)28(34-29)37-14-20-8-9-21(15-37)32-20/h2-7,19-22,32H,8-17H2,1H3/t19-,20?,21?,22+/m1/s1. The van der Waals surface area contributed by atoms with Gasteiger partial charge in [0, 0.05) is 60.9 Å². The van der Waals surface area contributed by atoms with Crippen molar-refractivity contribution >= 4 is 33.9 Å². The summed E-state index contributed by atoms with van der Waals surface area (Å²) < 4.78 is 20.1. The van der Waals surface area contributed by atoms with Crippen LogP contribution in [0.2, 0.25) is 5.02 Å². The number of likely N-dealkylation sites (tertiary alicyclic amines) is 1. The SMILES string of the molecule is CN1C[C@H](F)C[C@H]1COc1nc2c(c(N3CC4CCC(C3)N4)n1)CCN(c1cccc3cccc(Cl)c13)C2. The van der Waals surface area contributed by atoms with Crippen LogP contribution in [0.15, 0.2) is 36.4 Å². The molecular formula is C29H34ClFN6O. The fourth-order valence-electron chi connectivity index (χ4n) is 6.81. The highest BCUT2D eigenvalue weighted by atomic mass is 35.5. The van der Waals surface area contributed by atoms with Gasteiger partial charge in [0.15, 0.2) is 0 Å². The Kier molecular flexibility index (Phi) is 6.29. The Morgan fingerprint density at radius 3 is 2.61 bits per heavy atom. The van der Waals surface area contributed by atoms with Gasteiger partial charge < -0.3 is 19.9 Å². The number of likely N-dealkylation sites (N-methyl/N-ethyl adjacent to an activating group) is 1. The first-order valence-corrected chi connectivity index (χ1v) is 14.2. The van der Waals surface area contributed by atoms with Gasteiger partial charge in [-0.3, -0.25) is 4.90 Å². The van der Waals surface area contributed by atoms with E-state index in [-0.39, 0.29) is 6.04 Å². The first-order chi connectivity index (χ1) is 18.5. The van der Waals surface area contributed by atoms with E-state index in [2.05, 4.69) is 39.4 Å². The Hall–Kier alpha value is -2.68. The molecule has 7 nitrogen and oxygen atoms in total. The van der Waals surface area contributed by atoms with Crippen LogP contribution in [-0.4, -0.2) is 79.0 Å². The van der Waals surface area contributed by atoms with Crippen molar-refractivity contribution in [1.29, 1.82) is 0 Å². The van der Waals surface area contributed by atoms with Crippen LogP contribution in [-0.2, 0) is 13.0 Å². The van der Waals surface area contributed by atoms with E-state index in [4.69, 9.17) is 26.3 Å². The molecule has 38 heavy (non-hydrogen) atoms. The molecule has 5 heterocycles. The summed E-state index contributed by atoms with van der Waals surface area (Å²) in [6.07, 6.45) is 2.98. The molecule has 0 radical (unpaired) electrons. The number of rotatable bonds is 5. The van der Waals surface area contributed by atoms with Crippen molar-refractivity contribution in [2.75, 3.05) is 49.6 Å². The molecule has 1 N–H and O–H groups in total. The van der Waals surface area contributed by atoms with Gasteiger partial charge in [-0.25, -0.2) is 4.39 Å². The maximum absolute atomic E-state index is 13.9. The second-order valence-corrected chi connectivity index (χ2v) is 11.7. The lowest BCUT2D eigenvalue weighted by molar-refractivity contribution is 0.187. The Morgan fingerprint density at radius 1 is 1.05 bits per heavy atom. The van der Waals surface area contributed by atoms with Gasteiger partial charge in [0.05, 0.1) is 17.3 Å². The molecule has 0 saturated carbocycles. The summed E-state index contributed by atoms with van der Waals surface area (Å²) in [7, 11) is 1.95. The maximum atomic E-state index is 13.9. The van der Waals surface area contributed by atoms with Crippen molar-refractivity contribution in [2.24, 2.45) is 0 Å². The summed E-state index contributed by atoms with van der Waals surface area (Å²) in [5, 5.41) is 6.71. The average Bonchev–Trinajstić information content (AvgIpc) is 3.44. The molecule has 4 aliphatic heterocycles. The van der Waals surface area contributed by atoms with E-state index >= 15 is 0 Å². The van der Waals surface area contributed by atoms with Crippen molar-refractivity contribution in [1.82, 2.24) is 20.2 Å². The van der Waals surface area contributed by atoms with Crippen LogP contribution in [0, 0.1) is 0 Å². The molecule has 2 unspecified atom stereocenters. The van der Waals surface area contributed by atoms with Crippen LogP contribution in [0.25, 0.3) is 10.8 Å². The van der Waals surface area contributed by atoms with Crippen LogP contribution >= 0.6 is 11.6 Å². The fraction of sp³-hybridized carbons (Fsp3) is 0.517. The largest absolute Gasteiger partial charge is 0.462 e. The fourth-order valence-corrected chi connectivity index (χ4v) is 7.09. The number of nitrogens with zero attached hydrogens (tertiary/aromatic N) is 5. The third-order valence-electron chi connectivity index (χ3n) is 8.75. The Balaban J connectivity index is 1.22. The first kappa shape index (κ1) is 24.4. The highest BCUT2D eigenvalue weighted by molar-refractivity contribution is 6.36. The molecule has 7 rings (SSSR count). The van der Waals surface area contributed by atoms with Crippen LogP contribution < -0.4 is 19.9 Å². The molecule has 0 amide bonds. The number of anilines is 2. The highest BCUT2D eigenvalue weighted by Crippen LogP contribution is 2.37. The number of hydrogen-bond donors (Lipinski definition) is 1. The summed E-state index contributed by atoms with van der Waals surface area (Å²) in [4.78, 5) is 16.8. The number of benzene rings is 2. The normalized spacial score (nSPS) is 27.2. The number of hydrogen-bond acceptors (Lipinski definition) is 7. The van der Waals surface area contributed by atoms with Gasteiger partial charge in [0.2, 0.25) is 0 Å². The maximum Gasteiger partial charge on any atom is 0.318 e. The zero-order chi connectivity index (χ0) is 25.8. The van der Waals surface area contributed by atoms with E-state index in [0.717, 1.165) is 59.0 Å². The molecule has 2 aromatic carbocycles. The topological polar surface area (TPSA) is 56.8 Å². The number of nitrogens with one attached hydrogen (secondary N) is 1. The molecule has 9 heteroatoms.